The molecule has 0 unspecified atom stereocenters. The average Bonchev–Trinajstić information content (AvgIpc) is 3.09. The molecule has 8 nitrogen and oxygen atoms in total. The molecule has 9 heteroatoms. The fourth-order valence-corrected chi connectivity index (χ4v) is 4.08. The highest BCUT2D eigenvalue weighted by atomic mass is 32.1. The van der Waals surface area contributed by atoms with Gasteiger partial charge in [-0.3, -0.25) is 19.8 Å². The molecule has 24 heavy (non-hydrogen) atoms. The maximum absolute atomic E-state index is 12.8. The zero-order chi connectivity index (χ0) is 17.3. The molecule has 130 valence electrons. The number of carbonyl (C=O) groups is 3. The van der Waals surface area contributed by atoms with Crippen LogP contribution in [0, 0.1) is 5.92 Å². The summed E-state index contributed by atoms with van der Waals surface area (Å²) in [7, 11) is 0. The van der Waals surface area contributed by atoms with Gasteiger partial charge in [-0.15, -0.1) is 10.2 Å². The Labute approximate surface area is 144 Å². The number of carbonyl (C=O) groups excluding carboxylic acids is 3. The molecule has 2 aliphatic rings. The highest BCUT2D eigenvalue weighted by Gasteiger charge is 2.55. The Balaban J connectivity index is 1.67. The lowest BCUT2D eigenvalue weighted by Crippen LogP contribution is -2.54. The van der Waals surface area contributed by atoms with E-state index in [1.54, 1.807) is 0 Å². The summed E-state index contributed by atoms with van der Waals surface area (Å²) in [5, 5.41) is 14.4. The SMILES string of the molecule is CCc1nnc(NC(=O)CN2C(=O)N[C@]3(CCCC[C@@H]3C)C2=O)s1. The first kappa shape index (κ1) is 16.8. The molecule has 0 bridgehead atoms. The van der Waals surface area contributed by atoms with Gasteiger partial charge in [-0.05, 0) is 25.2 Å². The van der Waals surface area contributed by atoms with Crippen molar-refractivity contribution in [1.82, 2.24) is 20.4 Å². The topological polar surface area (TPSA) is 104 Å². The van der Waals surface area contributed by atoms with E-state index in [0.717, 1.165) is 35.6 Å². The number of imide groups is 1. The van der Waals surface area contributed by atoms with Gasteiger partial charge in [-0.25, -0.2) is 4.79 Å². The molecule has 1 aliphatic heterocycles. The van der Waals surface area contributed by atoms with E-state index in [1.807, 2.05) is 13.8 Å². The monoisotopic (exact) mass is 351 g/mol. The second-order valence-corrected chi connectivity index (χ2v) is 7.40. The summed E-state index contributed by atoms with van der Waals surface area (Å²) >= 11 is 1.28. The van der Waals surface area contributed by atoms with E-state index in [0.29, 0.717) is 11.6 Å². The Morgan fingerprint density at radius 3 is 2.88 bits per heavy atom. The second kappa shape index (κ2) is 6.46. The van der Waals surface area contributed by atoms with Crippen molar-refractivity contribution in [2.45, 2.75) is 51.5 Å². The number of nitrogens with zero attached hydrogens (tertiary/aromatic N) is 3. The smallest absolute Gasteiger partial charge is 0.323 e. The minimum Gasteiger partial charge on any atom is -0.323 e. The Hall–Kier alpha value is -2.03. The van der Waals surface area contributed by atoms with Crippen molar-refractivity contribution < 1.29 is 14.4 Å². The molecular weight excluding hydrogens is 330 g/mol. The van der Waals surface area contributed by atoms with Gasteiger partial charge >= 0.3 is 6.03 Å². The van der Waals surface area contributed by atoms with Crippen LogP contribution in [0.3, 0.4) is 0 Å². The molecule has 0 aromatic carbocycles. The number of anilines is 1. The number of rotatable bonds is 4. The molecule has 0 radical (unpaired) electrons. The third-order valence-electron chi connectivity index (χ3n) is 4.82. The van der Waals surface area contributed by atoms with Gasteiger partial charge in [0.25, 0.3) is 5.91 Å². The predicted octanol–water partition coefficient (Wildman–Crippen LogP) is 1.54. The van der Waals surface area contributed by atoms with Gasteiger partial charge in [0.05, 0.1) is 0 Å². The molecular formula is C15H21N5O3S. The minimum atomic E-state index is -0.840. The molecule has 1 aromatic rings. The Morgan fingerprint density at radius 1 is 1.42 bits per heavy atom. The summed E-state index contributed by atoms with van der Waals surface area (Å²) in [6.07, 6.45) is 4.23. The maximum Gasteiger partial charge on any atom is 0.325 e. The molecule has 2 heterocycles. The van der Waals surface area contributed by atoms with E-state index in [4.69, 9.17) is 0 Å². The number of hydrogen-bond donors (Lipinski definition) is 2. The largest absolute Gasteiger partial charge is 0.325 e. The van der Waals surface area contributed by atoms with Crippen molar-refractivity contribution >= 4 is 34.3 Å². The zero-order valence-electron chi connectivity index (χ0n) is 13.8. The van der Waals surface area contributed by atoms with Crippen LogP contribution >= 0.6 is 11.3 Å². The van der Waals surface area contributed by atoms with Gasteiger partial charge in [0.15, 0.2) is 0 Å². The van der Waals surface area contributed by atoms with Crippen molar-refractivity contribution in [3.05, 3.63) is 5.01 Å². The third kappa shape index (κ3) is 2.88. The predicted molar refractivity (Wildman–Crippen MR) is 88.5 cm³/mol. The summed E-state index contributed by atoms with van der Waals surface area (Å²) < 4.78 is 0. The number of hydrogen-bond acceptors (Lipinski definition) is 6. The quantitative estimate of drug-likeness (QED) is 0.801. The molecule has 4 amide bonds. The first-order valence-corrected chi connectivity index (χ1v) is 9.04. The van der Waals surface area contributed by atoms with Crippen LogP contribution < -0.4 is 10.6 Å². The van der Waals surface area contributed by atoms with Crippen LogP contribution in [-0.4, -0.2) is 45.0 Å². The van der Waals surface area contributed by atoms with E-state index in [1.165, 1.54) is 11.3 Å². The maximum atomic E-state index is 12.8. The molecule has 2 N–H and O–H groups in total. The van der Waals surface area contributed by atoms with Crippen LogP contribution in [-0.2, 0) is 16.0 Å². The lowest BCUT2D eigenvalue weighted by molar-refractivity contribution is -0.136. The Morgan fingerprint density at radius 2 is 2.21 bits per heavy atom. The standard InChI is InChI=1S/C15H21N5O3S/c1-3-11-18-19-13(24-11)16-10(21)8-20-12(22)15(17-14(20)23)7-5-4-6-9(15)2/h9H,3-8H2,1-2H3,(H,17,23)(H,16,19,21)/t9-,15-/m0/s1. The Bertz CT molecular complexity index is 676. The van der Waals surface area contributed by atoms with Gasteiger partial charge in [-0.1, -0.05) is 38.0 Å². The van der Waals surface area contributed by atoms with Crippen molar-refractivity contribution in [3.8, 4) is 0 Å². The van der Waals surface area contributed by atoms with E-state index in [2.05, 4.69) is 20.8 Å². The molecule has 2 fully saturated rings. The molecule has 2 atom stereocenters. The van der Waals surface area contributed by atoms with E-state index in [9.17, 15) is 14.4 Å². The molecule has 1 spiro atoms. The first-order valence-electron chi connectivity index (χ1n) is 8.22. The summed E-state index contributed by atoms with van der Waals surface area (Å²) in [4.78, 5) is 38.2. The molecule has 1 saturated carbocycles. The van der Waals surface area contributed by atoms with Gasteiger partial charge in [0.2, 0.25) is 11.0 Å². The average molecular weight is 351 g/mol. The lowest BCUT2D eigenvalue weighted by Gasteiger charge is -2.36. The van der Waals surface area contributed by atoms with Gasteiger partial charge in [0, 0.05) is 0 Å². The molecule has 1 aliphatic carbocycles. The Kier molecular flexibility index (Phi) is 4.53. The lowest BCUT2D eigenvalue weighted by atomic mass is 9.73. The second-order valence-electron chi connectivity index (χ2n) is 6.34. The highest BCUT2D eigenvalue weighted by molar-refractivity contribution is 7.15. The van der Waals surface area contributed by atoms with Crippen LogP contribution in [0.4, 0.5) is 9.93 Å². The molecule has 3 rings (SSSR count). The summed E-state index contributed by atoms with van der Waals surface area (Å²) in [5.74, 6) is -0.662. The van der Waals surface area contributed by atoms with E-state index < -0.39 is 17.5 Å². The van der Waals surface area contributed by atoms with Crippen molar-refractivity contribution in [1.29, 1.82) is 0 Å². The van der Waals surface area contributed by atoms with Crippen molar-refractivity contribution in [2.75, 3.05) is 11.9 Å². The van der Waals surface area contributed by atoms with Crippen LogP contribution in [0.25, 0.3) is 0 Å². The normalized spacial score (nSPS) is 26.8. The van der Waals surface area contributed by atoms with Crippen LogP contribution in [0.2, 0.25) is 0 Å². The van der Waals surface area contributed by atoms with Gasteiger partial charge in [0.1, 0.15) is 17.1 Å². The summed E-state index contributed by atoms with van der Waals surface area (Å²) in [6.45, 7) is 3.62. The third-order valence-corrected chi connectivity index (χ3v) is 5.80. The minimum absolute atomic E-state index is 0.0750. The van der Waals surface area contributed by atoms with E-state index >= 15 is 0 Å². The fraction of sp³-hybridized carbons (Fsp3) is 0.667. The molecule has 1 aromatic heterocycles. The van der Waals surface area contributed by atoms with Crippen LogP contribution in [0.15, 0.2) is 0 Å². The van der Waals surface area contributed by atoms with Crippen LogP contribution in [0.1, 0.15) is 44.5 Å². The molecule has 1 saturated heterocycles. The summed E-state index contributed by atoms with van der Waals surface area (Å²) in [5.41, 5.74) is -0.840. The number of nitrogens with one attached hydrogen (secondary N) is 2. The number of urea groups is 1. The number of aryl methyl sites for hydroxylation is 1. The van der Waals surface area contributed by atoms with Crippen molar-refractivity contribution in [3.63, 3.8) is 0 Å². The van der Waals surface area contributed by atoms with Crippen molar-refractivity contribution in [2.24, 2.45) is 5.92 Å². The highest BCUT2D eigenvalue weighted by Crippen LogP contribution is 2.38. The first-order chi connectivity index (χ1) is 11.5. The summed E-state index contributed by atoms with van der Waals surface area (Å²) in [6, 6.07) is -0.490. The zero-order valence-corrected chi connectivity index (χ0v) is 14.6. The number of amides is 4. The van der Waals surface area contributed by atoms with E-state index in [-0.39, 0.29) is 18.4 Å². The van der Waals surface area contributed by atoms with Crippen LogP contribution in [0.5, 0.6) is 0 Å². The van der Waals surface area contributed by atoms with Gasteiger partial charge < -0.3 is 5.32 Å². The fourth-order valence-electron chi connectivity index (χ4n) is 3.39. The van der Waals surface area contributed by atoms with Gasteiger partial charge in [-0.2, -0.15) is 0 Å². The number of aromatic nitrogens is 2.